The van der Waals surface area contributed by atoms with Gasteiger partial charge in [0.05, 0.1) is 0 Å². The quantitative estimate of drug-likeness (QED) is 0.0261. The van der Waals surface area contributed by atoms with Gasteiger partial charge in [0, 0.05) is 19.3 Å². The van der Waals surface area contributed by atoms with Gasteiger partial charge in [-0.15, -0.1) is 0 Å². The number of hydrogen-bond donors (Lipinski definition) is 0. The summed E-state index contributed by atoms with van der Waals surface area (Å²) in [5.74, 6) is -0.917. The molecule has 0 radical (unpaired) electrons. The first-order chi connectivity index (χ1) is 36.5. The number of rotatable bonds is 55. The maximum Gasteiger partial charge on any atom is 0.306 e. The van der Waals surface area contributed by atoms with E-state index in [0.717, 1.165) is 83.5 Å². The Balaban J connectivity index is 4.45. The predicted molar refractivity (Wildman–Crippen MR) is 320 cm³/mol. The molecule has 422 valence electrons. The van der Waals surface area contributed by atoms with Crippen LogP contribution in [0.4, 0.5) is 0 Å². The molecule has 0 heterocycles. The van der Waals surface area contributed by atoms with Crippen molar-refractivity contribution < 1.29 is 28.6 Å². The molecule has 0 aliphatic rings. The lowest BCUT2D eigenvalue weighted by molar-refractivity contribution is -0.167. The van der Waals surface area contributed by atoms with E-state index in [1.807, 2.05) is 24.3 Å². The standard InChI is InChI=1S/C68H114O6/c1-4-7-10-13-16-19-22-25-28-31-34-37-40-43-46-49-52-55-58-61-67(70)73-64-65(63-72-66(69)60-57-54-51-48-45-42-39-36-33-30-27-24-21-18-15-12-9-6-3)74-68(71)62-59-56-53-50-47-44-41-38-35-32-29-26-23-20-17-14-11-8-5-2/h12,15-27,30,33,36,39,65H,4-11,13-14,28-29,31-32,34-35,37-38,40-64H2,1-3H3/b15-12-,19-16-,20-17-,21-18-,25-22-,26-23-,27-24-,33-30-,39-36-. The Kier molecular flexibility index (Phi) is 58.3. The summed E-state index contributed by atoms with van der Waals surface area (Å²) in [5, 5.41) is 0. The van der Waals surface area contributed by atoms with E-state index in [2.05, 4.69) is 106 Å². The van der Waals surface area contributed by atoms with Crippen LogP contribution in [0.1, 0.15) is 284 Å². The van der Waals surface area contributed by atoms with Crippen molar-refractivity contribution in [2.24, 2.45) is 0 Å². The molecule has 0 aromatic rings. The van der Waals surface area contributed by atoms with Crippen molar-refractivity contribution in [1.82, 2.24) is 0 Å². The summed E-state index contributed by atoms with van der Waals surface area (Å²) in [7, 11) is 0. The summed E-state index contributed by atoms with van der Waals surface area (Å²) in [6.45, 7) is 6.49. The Morgan fingerprint density at radius 2 is 0.514 bits per heavy atom. The Hall–Kier alpha value is -3.93. The van der Waals surface area contributed by atoms with Crippen LogP contribution in [0.5, 0.6) is 0 Å². The largest absolute Gasteiger partial charge is 0.462 e. The molecule has 74 heavy (non-hydrogen) atoms. The van der Waals surface area contributed by atoms with E-state index in [4.69, 9.17) is 14.2 Å². The van der Waals surface area contributed by atoms with Crippen LogP contribution in [-0.4, -0.2) is 37.2 Å². The van der Waals surface area contributed by atoms with Crippen molar-refractivity contribution >= 4 is 17.9 Å². The lowest BCUT2D eigenvalue weighted by atomic mass is 10.1. The smallest absolute Gasteiger partial charge is 0.306 e. The first-order valence-corrected chi connectivity index (χ1v) is 31.0. The average molecular weight is 1030 g/mol. The van der Waals surface area contributed by atoms with Crippen molar-refractivity contribution in [1.29, 1.82) is 0 Å². The van der Waals surface area contributed by atoms with Crippen LogP contribution in [0.25, 0.3) is 0 Å². The Morgan fingerprint density at radius 3 is 0.824 bits per heavy atom. The molecule has 0 rings (SSSR count). The number of carbonyl (C=O) groups is 3. The van der Waals surface area contributed by atoms with Gasteiger partial charge in [0.15, 0.2) is 6.10 Å². The number of ether oxygens (including phenoxy) is 3. The number of esters is 3. The molecule has 0 spiro atoms. The van der Waals surface area contributed by atoms with Crippen LogP contribution in [0.3, 0.4) is 0 Å². The van der Waals surface area contributed by atoms with Crippen molar-refractivity contribution in [2.75, 3.05) is 13.2 Å². The molecule has 6 heteroatoms. The van der Waals surface area contributed by atoms with E-state index in [9.17, 15) is 14.4 Å². The van der Waals surface area contributed by atoms with Gasteiger partial charge in [-0.2, -0.15) is 0 Å². The van der Waals surface area contributed by atoms with Gasteiger partial charge >= 0.3 is 17.9 Å². The summed E-state index contributed by atoms with van der Waals surface area (Å²) in [4.78, 5) is 38.3. The minimum absolute atomic E-state index is 0.0904. The fraction of sp³-hybridized carbons (Fsp3) is 0.691. The summed E-state index contributed by atoms with van der Waals surface area (Å²) in [6.07, 6.45) is 83.5. The molecule has 0 amide bonds. The van der Waals surface area contributed by atoms with Crippen LogP contribution in [0, 0.1) is 0 Å². The van der Waals surface area contributed by atoms with Gasteiger partial charge in [-0.05, 0) is 89.9 Å². The number of carbonyl (C=O) groups excluding carboxylic acids is 3. The zero-order valence-corrected chi connectivity index (χ0v) is 48.3. The van der Waals surface area contributed by atoms with Crippen LogP contribution >= 0.6 is 0 Å². The molecular formula is C68H114O6. The molecule has 0 aromatic heterocycles. The maximum absolute atomic E-state index is 12.9. The molecule has 0 aliphatic heterocycles. The molecule has 6 nitrogen and oxygen atoms in total. The van der Waals surface area contributed by atoms with Gasteiger partial charge in [0.2, 0.25) is 0 Å². The molecule has 1 unspecified atom stereocenters. The van der Waals surface area contributed by atoms with Crippen molar-refractivity contribution in [2.45, 2.75) is 290 Å². The van der Waals surface area contributed by atoms with Gasteiger partial charge in [-0.1, -0.05) is 284 Å². The van der Waals surface area contributed by atoms with E-state index in [-0.39, 0.29) is 31.1 Å². The Bertz CT molecular complexity index is 1510. The number of allylic oxidation sites excluding steroid dienone is 18. The maximum atomic E-state index is 12.9. The predicted octanol–water partition coefficient (Wildman–Crippen LogP) is 21.0. The Morgan fingerprint density at radius 1 is 0.270 bits per heavy atom. The molecule has 0 aromatic carbocycles. The molecule has 0 fully saturated rings. The van der Waals surface area contributed by atoms with E-state index in [0.29, 0.717) is 19.3 Å². The Labute approximate surface area is 457 Å². The summed E-state index contributed by atoms with van der Waals surface area (Å²) >= 11 is 0. The van der Waals surface area contributed by atoms with E-state index in [1.54, 1.807) is 0 Å². The second kappa shape index (κ2) is 61.6. The zero-order chi connectivity index (χ0) is 53.6. The lowest BCUT2D eigenvalue weighted by Crippen LogP contribution is -2.30. The minimum atomic E-state index is -0.796. The van der Waals surface area contributed by atoms with Crippen LogP contribution in [-0.2, 0) is 28.6 Å². The highest BCUT2D eigenvalue weighted by molar-refractivity contribution is 5.71. The highest BCUT2D eigenvalue weighted by atomic mass is 16.6. The lowest BCUT2D eigenvalue weighted by Gasteiger charge is -2.18. The SMILES string of the molecule is CCC\C=C/C=C\C=C/C=C\C=C/CCCCCCCC(=O)OCC(COC(=O)CCCCCCCCCCCC/C=C\C=C/CCCCC)OC(=O)CCCCCCCCCCCC/C=C\C=C/CCCCC. The van der Waals surface area contributed by atoms with Crippen LogP contribution in [0.15, 0.2) is 109 Å². The van der Waals surface area contributed by atoms with E-state index >= 15 is 0 Å². The first kappa shape index (κ1) is 70.1. The van der Waals surface area contributed by atoms with E-state index in [1.165, 1.54) is 161 Å². The van der Waals surface area contributed by atoms with Gasteiger partial charge in [0.25, 0.3) is 0 Å². The van der Waals surface area contributed by atoms with Crippen LogP contribution < -0.4 is 0 Å². The van der Waals surface area contributed by atoms with Gasteiger partial charge in [0.1, 0.15) is 13.2 Å². The van der Waals surface area contributed by atoms with Crippen molar-refractivity contribution in [3.8, 4) is 0 Å². The normalized spacial score (nSPS) is 12.9. The third-order valence-corrected chi connectivity index (χ3v) is 13.1. The highest BCUT2D eigenvalue weighted by Gasteiger charge is 2.19. The monoisotopic (exact) mass is 1030 g/mol. The van der Waals surface area contributed by atoms with Crippen molar-refractivity contribution in [3.05, 3.63) is 109 Å². The molecule has 0 aliphatic carbocycles. The molecule has 0 bridgehead atoms. The molecule has 0 N–H and O–H groups in total. The highest BCUT2D eigenvalue weighted by Crippen LogP contribution is 2.16. The fourth-order valence-electron chi connectivity index (χ4n) is 8.46. The summed E-state index contributed by atoms with van der Waals surface area (Å²) in [5.41, 5.74) is 0. The second-order valence-corrected chi connectivity index (χ2v) is 20.4. The van der Waals surface area contributed by atoms with E-state index < -0.39 is 6.10 Å². The topological polar surface area (TPSA) is 78.9 Å². The number of unbranched alkanes of at least 4 members (excludes halogenated alkanes) is 32. The molecular weight excluding hydrogens is 913 g/mol. The van der Waals surface area contributed by atoms with Crippen LogP contribution in [0.2, 0.25) is 0 Å². The third kappa shape index (κ3) is 59.0. The molecule has 0 saturated carbocycles. The second-order valence-electron chi connectivity index (χ2n) is 20.4. The number of hydrogen-bond acceptors (Lipinski definition) is 6. The van der Waals surface area contributed by atoms with Gasteiger partial charge in [-0.25, -0.2) is 0 Å². The molecule has 0 saturated heterocycles. The molecule has 1 atom stereocenters. The summed E-state index contributed by atoms with van der Waals surface area (Å²) < 4.78 is 16.9. The average Bonchev–Trinajstić information content (AvgIpc) is 3.40. The summed E-state index contributed by atoms with van der Waals surface area (Å²) in [6, 6.07) is 0. The van der Waals surface area contributed by atoms with Crippen molar-refractivity contribution in [3.63, 3.8) is 0 Å². The third-order valence-electron chi connectivity index (χ3n) is 13.1. The minimum Gasteiger partial charge on any atom is -0.462 e. The van der Waals surface area contributed by atoms with Gasteiger partial charge in [-0.3, -0.25) is 14.4 Å². The fourth-order valence-corrected chi connectivity index (χ4v) is 8.46. The van der Waals surface area contributed by atoms with Gasteiger partial charge < -0.3 is 14.2 Å². The first-order valence-electron chi connectivity index (χ1n) is 31.0. The zero-order valence-electron chi connectivity index (χ0n) is 48.3.